The number of nitrogens with zero attached hydrogens (tertiary/aromatic N) is 3. The van der Waals surface area contributed by atoms with Gasteiger partial charge in [-0.3, -0.25) is 9.88 Å². The first kappa shape index (κ1) is 15.2. The molecule has 0 unspecified atom stereocenters. The van der Waals surface area contributed by atoms with Crippen molar-refractivity contribution in [3.8, 4) is 0 Å². The molecular weight excluding hydrogens is 280 g/mol. The normalized spacial score (nSPS) is 20.8. The molecule has 22 heavy (non-hydrogen) atoms. The van der Waals surface area contributed by atoms with E-state index in [0.717, 1.165) is 57.9 Å². The SMILES string of the molecule is O=C(NC[C@@H](c1ccccn1)N1CCOCC1)N1CCCC1. The molecule has 1 aromatic rings. The number of carbonyl (C=O) groups is 1. The van der Waals surface area contributed by atoms with Crippen LogP contribution in [0.3, 0.4) is 0 Å². The van der Waals surface area contributed by atoms with Crippen molar-refractivity contribution >= 4 is 6.03 Å². The maximum absolute atomic E-state index is 12.2. The third kappa shape index (κ3) is 3.75. The summed E-state index contributed by atoms with van der Waals surface area (Å²) in [5.41, 5.74) is 1.01. The Morgan fingerprint density at radius 2 is 2.00 bits per heavy atom. The van der Waals surface area contributed by atoms with Gasteiger partial charge in [-0.15, -0.1) is 0 Å². The molecule has 0 radical (unpaired) electrons. The van der Waals surface area contributed by atoms with Crippen molar-refractivity contribution in [1.29, 1.82) is 0 Å². The number of hydrogen-bond acceptors (Lipinski definition) is 4. The molecule has 0 spiro atoms. The number of aromatic nitrogens is 1. The fraction of sp³-hybridized carbons (Fsp3) is 0.625. The highest BCUT2D eigenvalue weighted by Crippen LogP contribution is 2.19. The molecule has 2 fully saturated rings. The maximum Gasteiger partial charge on any atom is 0.317 e. The molecule has 2 aliphatic rings. The number of rotatable bonds is 4. The molecule has 6 heteroatoms. The first-order valence-electron chi connectivity index (χ1n) is 8.10. The highest BCUT2D eigenvalue weighted by molar-refractivity contribution is 5.74. The molecule has 3 rings (SSSR count). The van der Waals surface area contributed by atoms with E-state index < -0.39 is 0 Å². The molecule has 2 saturated heterocycles. The first-order chi connectivity index (χ1) is 10.8. The van der Waals surface area contributed by atoms with E-state index in [9.17, 15) is 4.79 Å². The lowest BCUT2D eigenvalue weighted by Gasteiger charge is -2.34. The minimum absolute atomic E-state index is 0.0479. The second kappa shape index (κ2) is 7.56. The molecule has 2 aliphatic heterocycles. The third-order valence-electron chi connectivity index (χ3n) is 4.36. The molecule has 0 aromatic carbocycles. The summed E-state index contributed by atoms with van der Waals surface area (Å²) in [5, 5.41) is 3.08. The summed E-state index contributed by atoms with van der Waals surface area (Å²) in [6, 6.07) is 6.10. The number of amides is 2. The third-order valence-corrected chi connectivity index (χ3v) is 4.36. The Balaban J connectivity index is 1.64. The molecule has 1 N–H and O–H groups in total. The lowest BCUT2D eigenvalue weighted by Crippen LogP contribution is -2.46. The van der Waals surface area contributed by atoms with Crippen molar-refractivity contribution in [3.05, 3.63) is 30.1 Å². The molecule has 2 amide bonds. The summed E-state index contributed by atoms with van der Waals surface area (Å²) in [6.45, 7) is 5.57. The Hall–Kier alpha value is -1.66. The summed E-state index contributed by atoms with van der Waals surface area (Å²) in [7, 11) is 0. The van der Waals surface area contributed by atoms with Crippen LogP contribution in [0.25, 0.3) is 0 Å². The zero-order valence-corrected chi connectivity index (χ0v) is 12.9. The molecule has 1 atom stereocenters. The van der Waals surface area contributed by atoms with E-state index in [1.54, 1.807) is 0 Å². The molecule has 1 aromatic heterocycles. The highest BCUT2D eigenvalue weighted by Gasteiger charge is 2.25. The van der Waals surface area contributed by atoms with E-state index in [1.165, 1.54) is 0 Å². The maximum atomic E-state index is 12.2. The van der Waals surface area contributed by atoms with Crippen molar-refractivity contribution in [2.75, 3.05) is 45.9 Å². The van der Waals surface area contributed by atoms with Gasteiger partial charge in [0.05, 0.1) is 24.9 Å². The minimum atomic E-state index is 0.0479. The number of urea groups is 1. The highest BCUT2D eigenvalue weighted by atomic mass is 16.5. The zero-order chi connectivity index (χ0) is 15.2. The van der Waals surface area contributed by atoms with Crippen LogP contribution >= 0.6 is 0 Å². The minimum Gasteiger partial charge on any atom is -0.379 e. The molecule has 0 bridgehead atoms. The van der Waals surface area contributed by atoms with Crippen LogP contribution < -0.4 is 5.32 Å². The van der Waals surface area contributed by atoms with Crippen LogP contribution in [-0.2, 0) is 4.74 Å². The standard InChI is InChI=1S/C16H24N4O2/c21-16(20-7-3-4-8-20)18-13-15(14-5-1-2-6-17-14)19-9-11-22-12-10-19/h1-2,5-6,15H,3-4,7-13H2,(H,18,21)/t15-/m0/s1. The van der Waals surface area contributed by atoms with Crippen molar-refractivity contribution < 1.29 is 9.53 Å². The van der Waals surface area contributed by atoms with Crippen LogP contribution in [0.5, 0.6) is 0 Å². The quantitative estimate of drug-likeness (QED) is 0.910. The van der Waals surface area contributed by atoms with Crippen LogP contribution in [0.2, 0.25) is 0 Å². The molecule has 0 saturated carbocycles. The number of likely N-dealkylation sites (tertiary alicyclic amines) is 1. The molecule has 6 nitrogen and oxygen atoms in total. The first-order valence-corrected chi connectivity index (χ1v) is 8.10. The monoisotopic (exact) mass is 304 g/mol. The molecule has 3 heterocycles. The predicted molar refractivity (Wildman–Crippen MR) is 83.6 cm³/mol. The van der Waals surface area contributed by atoms with E-state index >= 15 is 0 Å². The van der Waals surface area contributed by atoms with Crippen LogP contribution in [0.15, 0.2) is 24.4 Å². The topological polar surface area (TPSA) is 57.7 Å². The van der Waals surface area contributed by atoms with Gasteiger partial charge in [0.1, 0.15) is 0 Å². The average Bonchev–Trinajstić information content (AvgIpc) is 3.11. The Morgan fingerprint density at radius 1 is 1.23 bits per heavy atom. The Bertz CT molecular complexity index is 470. The number of pyridine rings is 1. The molecule has 120 valence electrons. The number of hydrogen-bond donors (Lipinski definition) is 1. The van der Waals surface area contributed by atoms with Crippen LogP contribution in [-0.4, -0.2) is 66.8 Å². The van der Waals surface area contributed by atoms with Gasteiger partial charge < -0.3 is 15.0 Å². The summed E-state index contributed by atoms with van der Waals surface area (Å²) in [4.78, 5) is 20.9. The summed E-state index contributed by atoms with van der Waals surface area (Å²) < 4.78 is 5.43. The van der Waals surface area contributed by atoms with Gasteiger partial charge in [-0.25, -0.2) is 4.79 Å². The van der Waals surface area contributed by atoms with E-state index in [2.05, 4.69) is 15.2 Å². The zero-order valence-electron chi connectivity index (χ0n) is 12.9. The number of morpholine rings is 1. The second-order valence-electron chi connectivity index (χ2n) is 5.80. The lowest BCUT2D eigenvalue weighted by atomic mass is 10.1. The van der Waals surface area contributed by atoms with Crippen molar-refractivity contribution in [2.24, 2.45) is 0 Å². The van der Waals surface area contributed by atoms with Gasteiger partial charge in [0.15, 0.2) is 0 Å². The largest absolute Gasteiger partial charge is 0.379 e. The average molecular weight is 304 g/mol. The Kier molecular flexibility index (Phi) is 5.24. The smallest absolute Gasteiger partial charge is 0.317 e. The van der Waals surface area contributed by atoms with Gasteiger partial charge in [0.25, 0.3) is 0 Å². The van der Waals surface area contributed by atoms with Crippen LogP contribution in [0, 0.1) is 0 Å². The summed E-state index contributed by atoms with van der Waals surface area (Å²) >= 11 is 0. The molecule has 0 aliphatic carbocycles. The van der Waals surface area contributed by atoms with Gasteiger partial charge >= 0.3 is 6.03 Å². The summed E-state index contributed by atoms with van der Waals surface area (Å²) in [5.74, 6) is 0. The number of carbonyl (C=O) groups excluding carboxylic acids is 1. The Labute approximate surface area is 131 Å². The van der Waals surface area contributed by atoms with E-state index in [-0.39, 0.29) is 12.1 Å². The van der Waals surface area contributed by atoms with Crippen molar-refractivity contribution in [2.45, 2.75) is 18.9 Å². The van der Waals surface area contributed by atoms with Crippen LogP contribution in [0.1, 0.15) is 24.6 Å². The van der Waals surface area contributed by atoms with E-state index in [1.807, 2.05) is 29.3 Å². The predicted octanol–water partition coefficient (Wildman–Crippen LogP) is 1.26. The number of ether oxygens (including phenoxy) is 1. The van der Waals surface area contributed by atoms with Crippen molar-refractivity contribution in [3.63, 3.8) is 0 Å². The van der Waals surface area contributed by atoms with Crippen LogP contribution in [0.4, 0.5) is 4.79 Å². The van der Waals surface area contributed by atoms with Gasteiger partial charge in [-0.05, 0) is 25.0 Å². The fourth-order valence-corrected chi connectivity index (χ4v) is 3.10. The lowest BCUT2D eigenvalue weighted by molar-refractivity contribution is 0.0156. The fourth-order valence-electron chi connectivity index (χ4n) is 3.10. The summed E-state index contributed by atoms with van der Waals surface area (Å²) in [6.07, 6.45) is 4.03. The number of nitrogens with one attached hydrogen (secondary N) is 1. The van der Waals surface area contributed by atoms with E-state index in [4.69, 9.17) is 4.74 Å². The second-order valence-corrected chi connectivity index (χ2v) is 5.80. The van der Waals surface area contributed by atoms with E-state index in [0.29, 0.717) is 6.54 Å². The molecular formula is C16H24N4O2. The van der Waals surface area contributed by atoms with Gasteiger partial charge in [-0.1, -0.05) is 6.07 Å². The Morgan fingerprint density at radius 3 is 2.68 bits per heavy atom. The van der Waals surface area contributed by atoms with Gasteiger partial charge in [-0.2, -0.15) is 0 Å². The van der Waals surface area contributed by atoms with Gasteiger partial charge in [0, 0.05) is 38.9 Å². The van der Waals surface area contributed by atoms with Gasteiger partial charge in [0.2, 0.25) is 0 Å². The van der Waals surface area contributed by atoms with Crippen molar-refractivity contribution in [1.82, 2.24) is 20.1 Å².